The van der Waals surface area contributed by atoms with Crippen LogP contribution in [0.4, 0.5) is 4.39 Å². The molecule has 0 amide bonds. The van der Waals surface area contributed by atoms with Crippen LogP contribution in [-0.4, -0.2) is 29.6 Å². The molecule has 3 aromatic rings. The number of halogens is 1. The number of carbonyl (C=O) groups excluding carboxylic acids is 2. The van der Waals surface area contributed by atoms with Gasteiger partial charge in [0, 0.05) is 29.4 Å². The molecule has 4 rings (SSSR count). The number of hydrogen-bond donors (Lipinski definition) is 1. The highest BCUT2D eigenvalue weighted by Gasteiger charge is 2.30. The Kier molecular flexibility index (Phi) is 4.62. The largest absolute Gasteiger partial charge is 0.463 e. The number of cyclic esters (lactones) is 1. The fourth-order valence-corrected chi connectivity index (χ4v) is 3.35. The van der Waals surface area contributed by atoms with Crippen LogP contribution >= 0.6 is 0 Å². The van der Waals surface area contributed by atoms with Gasteiger partial charge >= 0.3 is 11.9 Å². The van der Waals surface area contributed by atoms with Crippen molar-refractivity contribution >= 4 is 22.8 Å². The first-order chi connectivity index (χ1) is 13.1. The summed E-state index contributed by atoms with van der Waals surface area (Å²) < 4.78 is 23.3. The van der Waals surface area contributed by atoms with Gasteiger partial charge in [0.25, 0.3) is 0 Å². The molecule has 5 nitrogen and oxygen atoms in total. The van der Waals surface area contributed by atoms with Crippen molar-refractivity contribution in [3.63, 3.8) is 0 Å². The lowest BCUT2D eigenvalue weighted by molar-refractivity contribution is -0.160. The molecule has 1 aromatic heterocycles. The minimum atomic E-state index is -0.794. The van der Waals surface area contributed by atoms with E-state index in [2.05, 4.69) is 4.98 Å². The van der Waals surface area contributed by atoms with Crippen LogP contribution < -0.4 is 0 Å². The second kappa shape index (κ2) is 7.23. The highest BCUT2D eigenvalue weighted by Crippen LogP contribution is 2.31. The van der Waals surface area contributed by atoms with Crippen molar-refractivity contribution in [2.75, 3.05) is 6.61 Å². The number of carbonyl (C=O) groups is 2. The Labute approximate surface area is 155 Å². The van der Waals surface area contributed by atoms with E-state index in [4.69, 9.17) is 9.47 Å². The van der Waals surface area contributed by atoms with Crippen molar-refractivity contribution in [3.8, 4) is 11.3 Å². The molecule has 0 radical (unpaired) electrons. The van der Waals surface area contributed by atoms with Gasteiger partial charge in [-0.3, -0.25) is 4.79 Å². The average molecular weight is 367 g/mol. The lowest BCUT2D eigenvalue weighted by Gasteiger charge is -2.09. The smallest absolute Gasteiger partial charge is 0.347 e. The first kappa shape index (κ1) is 17.3. The number of H-pyrrole nitrogens is 1. The molecule has 1 atom stereocenters. The molecule has 0 unspecified atom stereocenters. The van der Waals surface area contributed by atoms with E-state index in [0.717, 1.165) is 27.7 Å². The molecule has 6 heteroatoms. The van der Waals surface area contributed by atoms with Gasteiger partial charge in [-0.15, -0.1) is 0 Å². The average Bonchev–Trinajstić information content (AvgIpc) is 3.24. The molecule has 0 aliphatic carbocycles. The van der Waals surface area contributed by atoms with Crippen LogP contribution in [0.1, 0.15) is 18.4 Å². The summed E-state index contributed by atoms with van der Waals surface area (Å²) in [4.78, 5) is 27.0. The predicted molar refractivity (Wildman–Crippen MR) is 97.5 cm³/mol. The van der Waals surface area contributed by atoms with Crippen LogP contribution in [0.5, 0.6) is 0 Å². The van der Waals surface area contributed by atoms with E-state index in [9.17, 15) is 14.0 Å². The van der Waals surface area contributed by atoms with Gasteiger partial charge in [-0.2, -0.15) is 0 Å². The second-order valence-electron chi connectivity index (χ2n) is 6.47. The molecule has 0 saturated carbocycles. The molecule has 1 fully saturated rings. The molecule has 1 aliphatic rings. The van der Waals surface area contributed by atoms with E-state index in [0.29, 0.717) is 12.8 Å². The minimum absolute atomic E-state index is 0.139. The summed E-state index contributed by atoms with van der Waals surface area (Å²) in [5.74, 6) is -1.22. The van der Waals surface area contributed by atoms with E-state index in [1.165, 1.54) is 12.1 Å². The van der Waals surface area contributed by atoms with E-state index in [1.54, 1.807) is 12.1 Å². The van der Waals surface area contributed by atoms with Crippen molar-refractivity contribution < 1.29 is 23.5 Å². The normalized spacial score (nSPS) is 16.5. The number of hydrogen-bond acceptors (Lipinski definition) is 4. The van der Waals surface area contributed by atoms with Crippen LogP contribution in [0.25, 0.3) is 22.2 Å². The standard InChI is InChI=1S/C21H18FNO4/c22-14-7-5-13(6-8-14)20-16(15-3-1-2-4-17(15)23-20)9-10-19(24)27-18-11-12-26-21(18)25/h1-8,18,23H,9-12H2/t18-/m0/s1. The number of aryl methyl sites for hydroxylation is 1. The third kappa shape index (κ3) is 3.56. The summed E-state index contributed by atoms with van der Waals surface area (Å²) >= 11 is 0. The van der Waals surface area contributed by atoms with Gasteiger partial charge in [0.15, 0.2) is 0 Å². The molecule has 1 N–H and O–H groups in total. The molecule has 1 saturated heterocycles. The Morgan fingerprint density at radius 1 is 1.19 bits per heavy atom. The molecule has 2 heterocycles. The van der Waals surface area contributed by atoms with E-state index in [-0.39, 0.29) is 18.8 Å². The molecule has 0 bridgehead atoms. The lowest BCUT2D eigenvalue weighted by atomic mass is 10.0. The lowest BCUT2D eigenvalue weighted by Crippen LogP contribution is -2.22. The van der Waals surface area contributed by atoms with E-state index >= 15 is 0 Å². The molecule has 2 aromatic carbocycles. The van der Waals surface area contributed by atoms with Crippen molar-refractivity contribution in [2.45, 2.75) is 25.4 Å². The van der Waals surface area contributed by atoms with Crippen molar-refractivity contribution in [2.24, 2.45) is 0 Å². The summed E-state index contributed by atoms with van der Waals surface area (Å²) in [6.07, 6.45) is 0.187. The summed E-state index contributed by atoms with van der Waals surface area (Å²) in [5.41, 5.74) is 3.60. The van der Waals surface area contributed by atoms with Crippen LogP contribution in [0.2, 0.25) is 0 Å². The number of fused-ring (bicyclic) bond motifs is 1. The highest BCUT2D eigenvalue weighted by molar-refractivity contribution is 5.91. The molecular formula is C21H18FNO4. The third-order valence-corrected chi connectivity index (χ3v) is 4.69. The SMILES string of the molecule is O=C(CCc1c(-c2ccc(F)cc2)[nH]c2ccccc12)O[C@H]1CCOC1=O. The van der Waals surface area contributed by atoms with Crippen LogP contribution in [0, 0.1) is 5.82 Å². The Hall–Kier alpha value is -3.15. The van der Waals surface area contributed by atoms with Gasteiger partial charge in [0.1, 0.15) is 5.82 Å². The van der Waals surface area contributed by atoms with Crippen molar-refractivity contribution in [1.82, 2.24) is 4.98 Å². The van der Waals surface area contributed by atoms with Crippen LogP contribution in [0.3, 0.4) is 0 Å². The Balaban J connectivity index is 1.58. The quantitative estimate of drug-likeness (QED) is 0.697. The van der Waals surface area contributed by atoms with Gasteiger partial charge in [-0.05, 0) is 47.9 Å². The summed E-state index contributed by atoms with van der Waals surface area (Å²) in [5, 5.41) is 1.00. The fourth-order valence-electron chi connectivity index (χ4n) is 3.35. The maximum Gasteiger partial charge on any atom is 0.347 e. The second-order valence-corrected chi connectivity index (χ2v) is 6.47. The van der Waals surface area contributed by atoms with Gasteiger partial charge in [-0.1, -0.05) is 18.2 Å². The Bertz CT molecular complexity index is 993. The zero-order valence-electron chi connectivity index (χ0n) is 14.5. The highest BCUT2D eigenvalue weighted by atomic mass is 19.1. The Morgan fingerprint density at radius 2 is 1.96 bits per heavy atom. The number of nitrogens with one attached hydrogen (secondary N) is 1. The summed E-state index contributed by atoms with van der Waals surface area (Å²) in [6, 6.07) is 14.0. The topological polar surface area (TPSA) is 68.4 Å². The minimum Gasteiger partial charge on any atom is -0.463 e. The first-order valence-electron chi connectivity index (χ1n) is 8.83. The maximum atomic E-state index is 13.3. The molecule has 138 valence electrons. The number of para-hydroxylation sites is 1. The number of rotatable bonds is 5. The van der Waals surface area contributed by atoms with E-state index < -0.39 is 18.0 Å². The summed E-state index contributed by atoms with van der Waals surface area (Å²) in [6.45, 7) is 0.286. The van der Waals surface area contributed by atoms with Gasteiger partial charge in [-0.25, -0.2) is 9.18 Å². The fraction of sp³-hybridized carbons (Fsp3) is 0.238. The molecular weight excluding hydrogens is 349 g/mol. The van der Waals surface area contributed by atoms with Gasteiger partial charge in [0.05, 0.1) is 6.61 Å². The zero-order valence-corrected chi connectivity index (χ0v) is 14.5. The van der Waals surface area contributed by atoms with E-state index in [1.807, 2.05) is 24.3 Å². The number of ether oxygens (including phenoxy) is 2. The van der Waals surface area contributed by atoms with Crippen molar-refractivity contribution in [3.05, 3.63) is 59.9 Å². The zero-order chi connectivity index (χ0) is 18.8. The monoisotopic (exact) mass is 367 g/mol. The molecule has 0 spiro atoms. The number of benzene rings is 2. The summed E-state index contributed by atoms with van der Waals surface area (Å²) in [7, 11) is 0. The number of aromatic amines is 1. The van der Waals surface area contributed by atoms with Crippen LogP contribution in [-0.2, 0) is 25.5 Å². The van der Waals surface area contributed by atoms with Gasteiger partial charge < -0.3 is 14.5 Å². The third-order valence-electron chi connectivity index (χ3n) is 4.69. The van der Waals surface area contributed by atoms with Crippen molar-refractivity contribution in [1.29, 1.82) is 0 Å². The molecule has 27 heavy (non-hydrogen) atoms. The first-order valence-corrected chi connectivity index (χ1v) is 8.83. The molecule has 1 aliphatic heterocycles. The Morgan fingerprint density at radius 3 is 2.70 bits per heavy atom. The van der Waals surface area contributed by atoms with Gasteiger partial charge in [0.2, 0.25) is 6.10 Å². The van der Waals surface area contributed by atoms with Crippen LogP contribution in [0.15, 0.2) is 48.5 Å². The predicted octanol–water partition coefficient (Wildman–Crippen LogP) is 3.77. The number of esters is 2. The number of aromatic nitrogens is 1. The maximum absolute atomic E-state index is 13.3.